The van der Waals surface area contributed by atoms with Crippen molar-refractivity contribution in [1.29, 1.82) is 0 Å². The van der Waals surface area contributed by atoms with Crippen LogP contribution >= 0.6 is 11.3 Å². The molecule has 1 spiro atoms. The van der Waals surface area contributed by atoms with Gasteiger partial charge in [-0.1, -0.05) is 32.0 Å². The van der Waals surface area contributed by atoms with Crippen molar-refractivity contribution < 1.29 is 9.59 Å². The number of nitrogens with zero attached hydrogens (tertiary/aromatic N) is 4. The molecule has 1 atom stereocenters. The minimum atomic E-state index is -0.620. The lowest BCUT2D eigenvalue weighted by Crippen LogP contribution is -2.57. The summed E-state index contributed by atoms with van der Waals surface area (Å²) in [5, 5.41) is 1.56. The van der Waals surface area contributed by atoms with E-state index in [0.29, 0.717) is 42.8 Å². The normalized spacial score (nSPS) is 24.6. The van der Waals surface area contributed by atoms with E-state index in [0.717, 1.165) is 48.1 Å². The summed E-state index contributed by atoms with van der Waals surface area (Å²) in [6.45, 7) is 10.1. The molecule has 7 nitrogen and oxygen atoms in total. The van der Waals surface area contributed by atoms with Crippen LogP contribution in [0.5, 0.6) is 0 Å². The zero-order valence-electron chi connectivity index (χ0n) is 20.4. The maximum atomic E-state index is 13.4. The first kappa shape index (κ1) is 23.3. The van der Waals surface area contributed by atoms with Gasteiger partial charge in [0.15, 0.2) is 5.54 Å². The number of aliphatic imine (C=N–C) groups is 1. The molecule has 2 N–H and O–H groups in total. The molecule has 4 heterocycles. The standard InChI is InChI=1S/C26H35N5O2S/c1-4-31-23(17(2)3)28-26(25(31)33)12-7-13-30(16-26)18-10-14-29(15-11-18)24(32)21-19-8-5-6-9-20(19)34-22(21)27/h5-6,8-9,17-18H,4,7,10-16,27H2,1-3H3. The molecule has 1 aromatic carbocycles. The number of anilines is 1. The van der Waals surface area contributed by atoms with E-state index in [-0.39, 0.29) is 17.7 Å². The third kappa shape index (κ3) is 3.81. The smallest absolute Gasteiger partial charge is 0.257 e. The summed E-state index contributed by atoms with van der Waals surface area (Å²) < 4.78 is 1.06. The van der Waals surface area contributed by atoms with Crippen LogP contribution in [-0.4, -0.2) is 76.7 Å². The van der Waals surface area contributed by atoms with Gasteiger partial charge in [-0.05, 0) is 45.2 Å². The van der Waals surface area contributed by atoms with Crippen molar-refractivity contribution in [1.82, 2.24) is 14.7 Å². The average Bonchev–Trinajstić information content (AvgIpc) is 3.32. The van der Waals surface area contributed by atoms with Crippen LogP contribution in [0.25, 0.3) is 10.1 Å². The number of carbonyl (C=O) groups is 2. The molecule has 2 amide bonds. The SMILES string of the molecule is CCN1C(=O)C2(CCCN(C3CCN(C(=O)c4c(N)sc5ccccc45)CC3)C2)N=C1C(C)C. The number of hydrogen-bond acceptors (Lipinski definition) is 6. The van der Waals surface area contributed by atoms with Crippen LogP contribution < -0.4 is 5.73 Å². The molecule has 0 radical (unpaired) electrons. The lowest BCUT2D eigenvalue weighted by molar-refractivity contribution is -0.133. The Bertz CT molecular complexity index is 1130. The molecule has 34 heavy (non-hydrogen) atoms. The third-order valence-corrected chi connectivity index (χ3v) is 8.69. The van der Waals surface area contributed by atoms with Gasteiger partial charge >= 0.3 is 0 Å². The van der Waals surface area contributed by atoms with Crippen molar-refractivity contribution in [2.45, 2.75) is 58.0 Å². The van der Waals surface area contributed by atoms with E-state index < -0.39 is 5.54 Å². The Hall–Kier alpha value is -2.45. The fourth-order valence-corrected chi connectivity index (χ4v) is 6.92. The summed E-state index contributed by atoms with van der Waals surface area (Å²) >= 11 is 1.48. The highest BCUT2D eigenvalue weighted by atomic mass is 32.1. The lowest BCUT2D eigenvalue weighted by Gasteiger charge is -2.44. The molecule has 1 aromatic heterocycles. The molecule has 2 saturated heterocycles. The van der Waals surface area contributed by atoms with Gasteiger partial charge in [0, 0.05) is 48.2 Å². The molecule has 2 aromatic rings. The highest BCUT2D eigenvalue weighted by Gasteiger charge is 2.51. The molecule has 0 saturated carbocycles. The van der Waals surface area contributed by atoms with Crippen LogP contribution in [-0.2, 0) is 4.79 Å². The summed E-state index contributed by atoms with van der Waals surface area (Å²) in [5.41, 5.74) is 6.29. The van der Waals surface area contributed by atoms with Crippen LogP contribution in [0.15, 0.2) is 29.3 Å². The number of thiophene rings is 1. The number of benzene rings is 1. The molecular formula is C26H35N5O2S. The largest absolute Gasteiger partial charge is 0.390 e. The molecule has 3 aliphatic rings. The van der Waals surface area contributed by atoms with Gasteiger partial charge in [-0.2, -0.15) is 0 Å². The summed E-state index contributed by atoms with van der Waals surface area (Å²) in [5.74, 6) is 1.40. The van der Waals surface area contributed by atoms with Gasteiger partial charge in [0.25, 0.3) is 11.8 Å². The number of rotatable bonds is 4. The molecule has 1 unspecified atom stereocenters. The fraction of sp³-hybridized carbons (Fsp3) is 0.577. The van der Waals surface area contributed by atoms with E-state index >= 15 is 0 Å². The predicted molar refractivity (Wildman–Crippen MR) is 138 cm³/mol. The summed E-state index contributed by atoms with van der Waals surface area (Å²) in [6, 6.07) is 8.31. The number of piperidine rings is 2. The maximum Gasteiger partial charge on any atom is 0.257 e. The second-order valence-electron chi connectivity index (χ2n) is 10.1. The van der Waals surface area contributed by atoms with E-state index in [1.54, 1.807) is 0 Å². The van der Waals surface area contributed by atoms with Crippen molar-refractivity contribution >= 4 is 44.1 Å². The van der Waals surface area contributed by atoms with E-state index in [1.165, 1.54) is 11.3 Å². The number of amides is 2. The van der Waals surface area contributed by atoms with Crippen LogP contribution in [0.4, 0.5) is 5.00 Å². The number of amidine groups is 1. The van der Waals surface area contributed by atoms with Crippen LogP contribution in [0.2, 0.25) is 0 Å². The number of nitrogens with two attached hydrogens (primary N) is 1. The molecule has 182 valence electrons. The van der Waals surface area contributed by atoms with E-state index in [9.17, 15) is 9.59 Å². The van der Waals surface area contributed by atoms with Crippen molar-refractivity contribution in [3.63, 3.8) is 0 Å². The van der Waals surface area contributed by atoms with Crippen molar-refractivity contribution in [2.24, 2.45) is 10.9 Å². The van der Waals surface area contributed by atoms with Gasteiger partial charge < -0.3 is 10.6 Å². The zero-order valence-corrected chi connectivity index (χ0v) is 21.2. The minimum Gasteiger partial charge on any atom is -0.390 e. The minimum absolute atomic E-state index is 0.0410. The Labute approximate surface area is 205 Å². The molecule has 5 rings (SSSR count). The number of likely N-dealkylation sites (N-methyl/N-ethyl adjacent to an activating group) is 1. The van der Waals surface area contributed by atoms with E-state index in [4.69, 9.17) is 10.7 Å². The second-order valence-corrected chi connectivity index (χ2v) is 11.2. The summed E-state index contributed by atoms with van der Waals surface area (Å²) in [4.78, 5) is 38.1. The molecule has 0 aliphatic carbocycles. The van der Waals surface area contributed by atoms with Crippen molar-refractivity contribution in [3.8, 4) is 0 Å². The Morgan fingerprint density at radius 3 is 2.65 bits per heavy atom. The van der Waals surface area contributed by atoms with Crippen molar-refractivity contribution in [2.75, 3.05) is 38.5 Å². The van der Waals surface area contributed by atoms with E-state index in [2.05, 4.69) is 18.7 Å². The number of fused-ring (bicyclic) bond motifs is 1. The van der Waals surface area contributed by atoms with Crippen LogP contribution in [0.3, 0.4) is 0 Å². The van der Waals surface area contributed by atoms with Gasteiger partial charge in [-0.3, -0.25) is 24.4 Å². The molecule has 8 heteroatoms. The Morgan fingerprint density at radius 1 is 1.24 bits per heavy atom. The maximum absolute atomic E-state index is 13.4. The third-order valence-electron chi connectivity index (χ3n) is 7.69. The summed E-state index contributed by atoms with van der Waals surface area (Å²) in [6.07, 6.45) is 3.64. The highest BCUT2D eigenvalue weighted by molar-refractivity contribution is 7.23. The second kappa shape index (κ2) is 8.96. The summed E-state index contributed by atoms with van der Waals surface area (Å²) in [7, 11) is 0. The van der Waals surface area contributed by atoms with Gasteiger partial charge in [0.1, 0.15) is 5.84 Å². The average molecular weight is 482 g/mol. The predicted octanol–water partition coefficient (Wildman–Crippen LogP) is 3.84. The van der Waals surface area contributed by atoms with Gasteiger partial charge in [0.05, 0.1) is 10.6 Å². The van der Waals surface area contributed by atoms with Gasteiger partial charge in [-0.25, -0.2) is 0 Å². The first-order chi connectivity index (χ1) is 16.3. The molecule has 0 bridgehead atoms. The molecule has 3 aliphatic heterocycles. The van der Waals surface area contributed by atoms with Gasteiger partial charge in [-0.15, -0.1) is 11.3 Å². The quantitative estimate of drug-likeness (QED) is 0.719. The monoisotopic (exact) mass is 481 g/mol. The van der Waals surface area contributed by atoms with Crippen LogP contribution in [0.1, 0.15) is 56.8 Å². The number of hydrogen-bond donors (Lipinski definition) is 1. The Kier molecular flexibility index (Phi) is 6.14. The lowest BCUT2D eigenvalue weighted by atomic mass is 9.87. The Balaban J connectivity index is 1.27. The highest BCUT2D eigenvalue weighted by Crippen LogP contribution is 2.37. The number of nitrogen functional groups attached to an aromatic ring is 1. The number of carbonyl (C=O) groups excluding carboxylic acids is 2. The Morgan fingerprint density at radius 2 is 1.97 bits per heavy atom. The van der Waals surface area contributed by atoms with Gasteiger partial charge in [0.2, 0.25) is 0 Å². The zero-order chi connectivity index (χ0) is 24.0. The first-order valence-corrected chi connectivity index (χ1v) is 13.4. The van der Waals surface area contributed by atoms with Crippen LogP contribution in [0, 0.1) is 5.92 Å². The topological polar surface area (TPSA) is 82.2 Å². The molecular weight excluding hydrogens is 446 g/mol. The fourth-order valence-electron chi connectivity index (χ4n) is 5.95. The number of likely N-dealkylation sites (tertiary alicyclic amines) is 2. The molecule has 2 fully saturated rings. The first-order valence-electron chi connectivity index (χ1n) is 12.6. The van der Waals surface area contributed by atoms with Crippen molar-refractivity contribution in [3.05, 3.63) is 29.8 Å². The van der Waals surface area contributed by atoms with E-state index in [1.807, 2.05) is 41.0 Å².